The van der Waals surface area contributed by atoms with Gasteiger partial charge in [0.1, 0.15) is 0 Å². The molecule has 2 nitrogen and oxygen atoms in total. The topological polar surface area (TPSA) is 6.48 Å². The minimum absolute atomic E-state index is 1.10. The summed E-state index contributed by atoms with van der Waals surface area (Å²) in [5, 5.41) is 0. The Bertz CT molecular complexity index is 2600. The Labute approximate surface area is 328 Å². The number of fused-ring (bicyclic) bond motifs is 5. The van der Waals surface area contributed by atoms with E-state index in [-0.39, 0.29) is 0 Å². The lowest BCUT2D eigenvalue weighted by Gasteiger charge is -2.27. The lowest BCUT2D eigenvalue weighted by molar-refractivity contribution is 1.28. The van der Waals surface area contributed by atoms with Crippen LogP contribution in [0, 0.1) is 0 Å². The minimum Gasteiger partial charge on any atom is -0.311 e. The van der Waals surface area contributed by atoms with Crippen LogP contribution in [0.4, 0.5) is 34.1 Å². The molecule has 0 fully saturated rings. The van der Waals surface area contributed by atoms with Gasteiger partial charge in [0.05, 0.1) is 11.4 Å². The Morgan fingerprint density at radius 3 is 0.893 bits per heavy atom. The fourth-order valence-corrected chi connectivity index (χ4v) is 8.07. The van der Waals surface area contributed by atoms with Crippen LogP contribution in [0.2, 0.25) is 0 Å². The Morgan fingerprint density at radius 2 is 0.518 bits per heavy atom. The fourth-order valence-electron chi connectivity index (χ4n) is 8.07. The van der Waals surface area contributed by atoms with Crippen molar-refractivity contribution in [2.24, 2.45) is 0 Å². The number of benzene rings is 9. The van der Waals surface area contributed by atoms with Gasteiger partial charge in [0, 0.05) is 33.9 Å². The first kappa shape index (κ1) is 33.2. The zero-order valence-electron chi connectivity index (χ0n) is 30.8. The van der Waals surface area contributed by atoms with Gasteiger partial charge in [-0.15, -0.1) is 0 Å². The molecular formula is C54H38N2. The molecule has 0 saturated carbocycles. The molecule has 2 heteroatoms. The number of rotatable bonds is 7. The molecule has 0 unspecified atom stereocenters. The van der Waals surface area contributed by atoms with Gasteiger partial charge in [-0.25, -0.2) is 0 Å². The highest BCUT2D eigenvalue weighted by molar-refractivity contribution is 6.02. The van der Waals surface area contributed by atoms with E-state index in [2.05, 4.69) is 240 Å². The van der Waals surface area contributed by atoms with Crippen LogP contribution < -0.4 is 9.80 Å². The second-order valence-electron chi connectivity index (χ2n) is 14.2. The molecule has 264 valence electrons. The van der Waals surface area contributed by atoms with Crippen molar-refractivity contribution < 1.29 is 0 Å². The molecule has 0 N–H and O–H groups in total. The van der Waals surface area contributed by atoms with Crippen molar-refractivity contribution >= 4 is 34.1 Å². The molecule has 0 aromatic heterocycles. The summed E-state index contributed by atoms with van der Waals surface area (Å²) in [6.45, 7) is 0. The molecule has 0 saturated heterocycles. The molecule has 0 aliphatic carbocycles. The van der Waals surface area contributed by atoms with Crippen molar-refractivity contribution in [3.05, 3.63) is 231 Å². The Morgan fingerprint density at radius 1 is 0.232 bits per heavy atom. The molecule has 0 bridgehead atoms. The molecule has 0 spiro atoms. The minimum atomic E-state index is 1.10. The highest BCUT2D eigenvalue weighted by atomic mass is 15.2. The summed E-state index contributed by atoms with van der Waals surface area (Å²) in [6.07, 6.45) is 0. The second-order valence-corrected chi connectivity index (χ2v) is 14.2. The first-order valence-corrected chi connectivity index (χ1v) is 19.2. The summed E-state index contributed by atoms with van der Waals surface area (Å²) in [5.41, 5.74) is 18.9. The van der Waals surface area contributed by atoms with E-state index >= 15 is 0 Å². The highest BCUT2D eigenvalue weighted by Crippen LogP contribution is 2.50. The largest absolute Gasteiger partial charge is 0.311 e. The van der Waals surface area contributed by atoms with Crippen LogP contribution in [0.3, 0.4) is 0 Å². The summed E-state index contributed by atoms with van der Waals surface area (Å²) in [6, 6.07) is 83.0. The third-order valence-electron chi connectivity index (χ3n) is 10.8. The van der Waals surface area contributed by atoms with Crippen molar-refractivity contribution in [1.29, 1.82) is 0 Å². The number of anilines is 6. The van der Waals surface area contributed by atoms with E-state index in [9.17, 15) is 0 Å². The maximum absolute atomic E-state index is 2.40. The van der Waals surface area contributed by atoms with Crippen LogP contribution in [0.1, 0.15) is 0 Å². The van der Waals surface area contributed by atoms with Gasteiger partial charge in [-0.1, -0.05) is 170 Å². The van der Waals surface area contributed by atoms with E-state index in [0.717, 1.165) is 22.7 Å². The molecule has 0 amide bonds. The lowest BCUT2D eigenvalue weighted by atomic mass is 9.95. The molecule has 9 aromatic carbocycles. The van der Waals surface area contributed by atoms with Gasteiger partial charge in [-0.2, -0.15) is 0 Å². The summed E-state index contributed by atoms with van der Waals surface area (Å²) >= 11 is 0. The molecule has 0 radical (unpaired) electrons. The normalized spacial score (nSPS) is 11.5. The zero-order valence-corrected chi connectivity index (χ0v) is 30.8. The Balaban J connectivity index is 0.990. The van der Waals surface area contributed by atoms with E-state index in [1.807, 2.05) is 0 Å². The van der Waals surface area contributed by atoms with Gasteiger partial charge in [0.25, 0.3) is 0 Å². The molecule has 0 atom stereocenters. The van der Waals surface area contributed by atoms with Crippen LogP contribution in [-0.2, 0) is 0 Å². The summed E-state index contributed by atoms with van der Waals surface area (Å²) in [4.78, 5) is 4.74. The average molecular weight is 715 g/mol. The second kappa shape index (κ2) is 14.4. The highest BCUT2D eigenvalue weighted by Gasteiger charge is 2.25. The van der Waals surface area contributed by atoms with Crippen LogP contribution in [0.5, 0.6) is 0 Å². The first-order valence-electron chi connectivity index (χ1n) is 19.2. The lowest BCUT2D eigenvalue weighted by Crippen LogP contribution is -2.10. The average Bonchev–Trinajstić information content (AvgIpc) is 3.41. The predicted molar refractivity (Wildman–Crippen MR) is 237 cm³/mol. The van der Waals surface area contributed by atoms with E-state index < -0.39 is 0 Å². The summed E-state index contributed by atoms with van der Waals surface area (Å²) in [7, 11) is 0. The summed E-state index contributed by atoms with van der Waals surface area (Å²) < 4.78 is 0. The van der Waals surface area contributed by atoms with Crippen LogP contribution in [0.15, 0.2) is 231 Å². The maximum Gasteiger partial charge on any atom is 0.0540 e. The van der Waals surface area contributed by atoms with E-state index in [0.29, 0.717) is 0 Å². The standard InChI is InChI=1S/C54H38N2/c1-3-13-39(14-4-1)41-23-31-45(32-24-41)55(46-33-25-42(26-34-46)40-15-5-2-6-16-40)47-35-27-43(28-36-47)44-29-37-48(38-30-44)56-53-21-11-9-19-51(53)49-17-7-8-18-50(49)52-20-10-12-22-54(52)56/h1-38H. The van der Waals surface area contributed by atoms with Gasteiger partial charge in [-0.05, 0) is 105 Å². The number of nitrogens with zero attached hydrogens (tertiary/aromatic N) is 2. The van der Waals surface area contributed by atoms with Crippen molar-refractivity contribution in [3.63, 3.8) is 0 Å². The number of hydrogen-bond donors (Lipinski definition) is 0. The molecular weight excluding hydrogens is 677 g/mol. The predicted octanol–water partition coefficient (Wildman–Crippen LogP) is 15.3. The maximum atomic E-state index is 2.40. The van der Waals surface area contributed by atoms with Gasteiger partial charge in [0.2, 0.25) is 0 Å². The monoisotopic (exact) mass is 714 g/mol. The van der Waals surface area contributed by atoms with Gasteiger partial charge >= 0.3 is 0 Å². The smallest absolute Gasteiger partial charge is 0.0540 e. The Hall–Kier alpha value is -7.42. The SMILES string of the molecule is c1ccc(-c2ccc(N(c3ccc(-c4ccccc4)cc3)c3ccc(-c4ccc(N5c6ccccc6-c6ccccc6-c6ccccc65)cc4)cc3)cc2)cc1. The zero-order chi connectivity index (χ0) is 37.3. The van der Waals surface area contributed by atoms with Crippen molar-refractivity contribution in [1.82, 2.24) is 0 Å². The van der Waals surface area contributed by atoms with Gasteiger partial charge in [0.15, 0.2) is 0 Å². The van der Waals surface area contributed by atoms with Crippen LogP contribution in [0.25, 0.3) is 55.6 Å². The fraction of sp³-hybridized carbons (Fsp3) is 0. The molecule has 1 aliphatic rings. The van der Waals surface area contributed by atoms with Crippen molar-refractivity contribution in [2.75, 3.05) is 9.80 Å². The summed E-state index contributed by atoms with van der Waals surface area (Å²) in [5.74, 6) is 0. The number of para-hydroxylation sites is 2. The van der Waals surface area contributed by atoms with Crippen molar-refractivity contribution in [3.8, 4) is 55.6 Å². The number of hydrogen-bond acceptors (Lipinski definition) is 2. The first-order chi connectivity index (χ1) is 27.8. The third kappa shape index (κ3) is 6.14. The molecule has 10 rings (SSSR count). The molecule has 9 aromatic rings. The third-order valence-corrected chi connectivity index (χ3v) is 10.8. The van der Waals surface area contributed by atoms with Gasteiger partial charge < -0.3 is 9.80 Å². The Kier molecular flexibility index (Phi) is 8.55. The molecule has 56 heavy (non-hydrogen) atoms. The van der Waals surface area contributed by atoms with E-state index in [1.165, 1.54) is 67.0 Å². The van der Waals surface area contributed by atoms with Crippen molar-refractivity contribution in [2.45, 2.75) is 0 Å². The van der Waals surface area contributed by atoms with E-state index in [4.69, 9.17) is 0 Å². The molecule has 1 aliphatic heterocycles. The quantitative estimate of drug-likeness (QED) is 0.162. The van der Waals surface area contributed by atoms with E-state index in [1.54, 1.807) is 0 Å². The molecule has 1 heterocycles. The van der Waals surface area contributed by atoms with Gasteiger partial charge in [-0.3, -0.25) is 0 Å². The van der Waals surface area contributed by atoms with Crippen LogP contribution >= 0.6 is 0 Å². The van der Waals surface area contributed by atoms with Crippen LogP contribution in [-0.4, -0.2) is 0 Å².